The van der Waals surface area contributed by atoms with Gasteiger partial charge in [-0.15, -0.1) is 0 Å². The normalized spacial score (nSPS) is 18.9. The fourth-order valence-electron chi connectivity index (χ4n) is 3.95. The number of ether oxygens (including phenoxy) is 1. The van der Waals surface area contributed by atoms with Gasteiger partial charge in [0.05, 0.1) is 29.0 Å². The summed E-state index contributed by atoms with van der Waals surface area (Å²) in [6, 6.07) is 12.5. The van der Waals surface area contributed by atoms with Crippen LogP contribution in [0.5, 0.6) is 0 Å². The zero-order chi connectivity index (χ0) is 23.6. The molecule has 0 spiro atoms. The Kier molecular flexibility index (Phi) is 6.52. The van der Waals surface area contributed by atoms with Gasteiger partial charge >= 0.3 is 12.1 Å². The number of nitrogens with two attached hydrogens (primary N) is 1. The SMILES string of the molecule is CC1CN(c2cccc(Nc3ccc(C(=O)O)cc3N)c2)CC(C)N1C(=O)OC(C)(C)C. The minimum Gasteiger partial charge on any atom is -0.478 e. The van der Waals surface area contributed by atoms with Crippen LogP contribution in [-0.2, 0) is 4.74 Å². The number of hydrogen-bond acceptors (Lipinski definition) is 6. The second-order valence-corrected chi connectivity index (χ2v) is 9.27. The number of nitrogens with zero attached hydrogens (tertiary/aromatic N) is 2. The molecular weight excluding hydrogens is 408 g/mol. The molecule has 1 saturated heterocycles. The highest BCUT2D eigenvalue weighted by Crippen LogP contribution is 2.29. The highest BCUT2D eigenvalue weighted by molar-refractivity contribution is 5.91. The third-order valence-corrected chi connectivity index (χ3v) is 5.31. The maximum absolute atomic E-state index is 12.7. The van der Waals surface area contributed by atoms with Crippen molar-refractivity contribution in [2.24, 2.45) is 0 Å². The monoisotopic (exact) mass is 440 g/mol. The van der Waals surface area contributed by atoms with Crippen molar-refractivity contribution in [3.63, 3.8) is 0 Å². The second-order valence-electron chi connectivity index (χ2n) is 9.27. The number of aromatic carboxylic acids is 1. The first-order valence-corrected chi connectivity index (χ1v) is 10.7. The zero-order valence-electron chi connectivity index (χ0n) is 19.3. The number of anilines is 4. The largest absolute Gasteiger partial charge is 0.478 e. The molecule has 0 saturated carbocycles. The molecule has 1 aliphatic rings. The number of nitrogens with one attached hydrogen (secondary N) is 1. The summed E-state index contributed by atoms with van der Waals surface area (Å²) in [4.78, 5) is 27.8. The number of carbonyl (C=O) groups excluding carboxylic acids is 1. The van der Waals surface area contributed by atoms with E-state index >= 15 is 0 Å². The summed E-state index contributed by atoms with van der Waals surface area (Å²) in [6.45, 7) is 11.0. The molecule has 1 amide bonds. The number of carbonyl (C=O) groups is 2. The van der Waals surface area contributed by atoms with E-state index in [4.69, 9.17) is 15.6 Å². The number of benzene rings is 2. The van der Waals surface area contributed by atoms with Crippen LogP contribution in [0.1, 0.15) is 45.0 Å². The lowest BCUT2D eigenvalue weighted by molar-refractivity contribution is 0.00564. The second kappa shape index (κ2) is 8.98. The molecule has 0 aliphatic carbocycles. The van der Waals surface area contributed by atoms with Gasteiger partial charge in [0.2, 0.25) is 0 Å². The summed E-state index contributed by atoms with van der Waals surface area (Å²) in [5, 5.41) is 12.4. The molecule has 1 heterocycles. The van der Waals surface area contributed by atoms with Gasteiger partial charge in [-0.3, -0.25) is 4.90 Å². The molecule has 32 heavy (non-hydrogen) atoms. The molecule has 4 N–H and O–H groups in total. The minimum atomic E-state index is -1.01. The van der Waals surface area contributed by atoms with Crippen molar-refractivity contribution < 1.29 is 19.4 Å². The molecule has 8 nitrogen and oxygen atoms in total. The molecule has 0 bridgehead atoms. The number of hydrogen-bond donors (Lipinski definition) is 3. The van der Waals surface area contributed by atoms with Gasteiger partial charge < -0.3 is 25.8 Å². The van der Waals surface area contributed by atoms with Gasteiger partial charge in [0.1, 0.15) is 5.60 Å². The summed E-state index contributed by atoms with van der Waals surface area (Å²) in [7, 11) is 0. The van der Waals surface area contributed by atoms with Crippen molar-refractivity contribution >= 4 is 34.8 Å². The molecule has 2 atom stereocenters. The van der Waals surface area contributed by atoms with E-state index in [1.807, 2.05) is 63.8 Å². The Hall–Kier alpha value is -3.42. The molecule has 172 valence electrons. The van der Waals surface area contributed by atoms with Gasteiger partial charge in [0.15, 0.2) is 0 Å². The molecule has 0 radical (unpaired) electrons. The van der Waals surface area contributed by atoms with E-state index in [0.717, 1.165) is 11.4 Å². The Morgan fingerprint density at radius 1 is 1.09 bits per heavy atom. The summed E-state index contributed by atoms with van der Waals surface area (Å²) in [6.07, 6.45) is -0.284. The van der Waals surface area contributed by atoms with Gasteiger partial charge in [-0.25, -0.2) is 9.59 Å². The Bertz CT molecular complexity index is 990. The average molecular weight is 441 g/mol. The van der Waals surface area contributed by atoms with E-state index in [2.05, 4.69) is 10.2 Å². The van der Waals surface area contributed by atoms with Crippen molar-refractivity contribution in [3.8, 4) is 0 Å². The summed E-state index contributed by atoms with van der Waals surface area (Å²) in [5.41, 5.74) is 8.52. The van der Waals surface area contributed by atoms with Crippen molar-refractivity contribution in [1.29, 1.82) is 0 Å². The highest BCUT2D eigenvalue weighted by Gasteiger charge is 2.35. The quantitative estimate of drug-likeness (QED) is 0.599. The van der Waals surface area contributed by atoms with Gasteiger partial charge in [0.25, 0.3) is 0 Å². The van der Waals surface area contributed by atoms with Crippen LogP contribution in [0.2, 0.25) is 0 Å². The van der Waals surface area contributed by atoms with E-state index in [1.165, 1.54) is 12.1 Å². The molecule has 1 fully saturated rings. The predicted molar refractivity (Wildman–Crippen MR) is 127 cm³/mol. The van der Waals surface area contributed by atoms with Crippen molar-refractivity contribution in [3.05, 3.63) is 48.0 Å². The third-order valence-electron chi connectivity index (χ3n) is 5.31. The topological polar surface area (TPSA) is 108 Å². The zero-order valence-corrected chi connectivity index (χ0v) is 19.3. The van der Waals surface area contributed by atoms with Gasteiger partial charge in [0, 0.05) is 24.5 Å². The van der Waals surface area contributed by atoms with Crippen molar-refractivity contribution in [1.82, 2.24) is 4.90 Å². The first kappa shape index (κ1) is 23.2. The average Bonchev–Trinajstić information content (AvgIpc) is 2.67. The van der Waals surface area contributed by atoms with E-state index in [-0.39, 0.29) is 23.7 Å². The molecule has 2 unspecified atom stereocenters. The van der Waals surface area contributed by atoms with Crippen LogP contribution in [0.15, 0.2) is 42.5 Å². The molecule has 3 rings (SSSR count). The van der Waals surface area contributed by atoms with Crippen LogP contribution in [0.3, 0.4) is 0 Å². The molecule has 2 aromatic rings. The molecule has 2 aromatic carbocycles. The minimum absolute atomic E-state index is 0.00979. The van der Waals surface area contributed by atoms with Crippen LogP contribution in [0.25, 0.3) is 0 Å². The Morgan fingerprint density at radius 3 is 2.31 bits per heavy atom. The van der Waals surface area contributed by atoms with Crippen LogP contribution in [0, 0.1) is 0 Å². The van der Waals surface area contributed by atoms with Crippen LogP contribution >= 0.6 is 0 Å². The van der Waals surface area contributed by atoms with Crippen molar-refractivity contribution in [2.75, 3.05) is 29.0 Å². The third kappa shape index (κ3) is 5.43. The first-order chi connectivity index (χ1) is 14.9. The molecule has 8 heteroatoms. The Labute approximate surface area is 189 Å². The Morgan fingerprint density at radius 2 is 1.75 bits per heavy atom. The maximum atomic E-state index is 12.7. The van der Waals surface area contributed by atoms with Crippen LogP contribution < -0.4 is 16.0 Å². The lowest BCUT2D eigenvalue weighted by Gasteiger charge is -2.45. The van der Waals surface area contributed by atoms with E-state index in [1.54, 1.807) is 6.07 Å². The fraction of sp³-hybridized carbons (Fsp3) is 0.417. The number of piperazine rings is 1. The highest BCUT2D eigenvalue weighted by atomic mass is 16.6. The number of carboxylic acid groups (broad SMARTS) is 1. The molecule has 0 aromatic heterocycles. The van der Waals surface area contributed by atoms with Gasteiger partial charge in [-0.2, -0.15) is 0 Å². The molecule has 1 aliphatic heterocycles. The lowest BCUT2D eigenvalue weighted by atomic mass is 10.1. The summed E-state index contributed by atoms with van der Waals surface area (Å²) < 4.78 is 5.59. The summed E-state index contributed by atoms with van der Waals surface area (Å²) in [5.74, 6) is -1.01. The van der Waals surface area contributed by atoms with E-state index < -0.39 is 11.6 Å². The standard InChI is InChI=1S/C24H32N4O4/c1-15-13-27(14-16(2)28(15)23(31)32-24(3,4)5)19-8-6-7-18(12-19)26-21-10-9-17(22(29)30)11-20(21)25/h6-12,15-16,26H,13-14,25H2,1-5H3,(H,29,30). The van der Waals surface area contributed by atoms with Gasteiger partial charge in [-0.05, 0) is 71.0 Å². The summed E-state index contributed by atoms with van der Waals surface area (Å²) >= 11 is 0. The number of nitrogen functional groups attached to an aromatic ring is 1. The maximum Gasteiger partial charge on any atom is 0.410 e. The van der Waals surface area contributed by atoms with Crippen molar-refractivity contribution in [2.45, 2.75) is 52.3 Å². The molecular formula is C24H32N4O4. The van der Waals surface area contributed by atoms with Crippen LogP contribution in [0.4, 0.5) is 27.5 Å². The Balaban J connectivity index is 1.73. The lowest BCUT2D eigenvalue weighted by Crippen LogP contribution is -2.59. The first-order valence-electron chi connectivity index (χ1n) is 10.7. The fourth-order valence-corrected chi connectivity index (χ4v) is 3.95. The smallest absolute Gasteiger partial charge is 0.410 e. The van der Waals surface area contributed by atoms with Gasteiger partial charge in [-0.1, -0.05) is 6.07 Å². The number of rotatable bonds is 4. The van der Waals surface area contributed by atoms with E-state index in [9.17, 15) is 9.59 Å². The predicted octanol–water partition coefficient (Wildman–Crippen LogP) is 4.54. The van der Waals surface area contributed by atoms with Crippen LogP contribution in [-0.4, -0.2) is 52.8 Å². The number of amides is 1. The number of carboxylic acids is 1. The van der Waals surface area contributed by atoms with E-state index in [0.29, 0.717) is 24.5 Å².